The van der Waals surface area contributed by atoms with E-state index < -0.39 is 17.9 Å². The molecule has 1 aromatic carbocycles. The maximum Gasteiger partial charge on any atom is 0.251 e. The molecule has 1 rings (SSSR count). The fourth-order valence-electron chi connectivity index (χ4n) is 2.13. The number of rotatable bonds is 9. The van der Waals surface area contributed by atoms with Crippen LogP contribution in [0.1, 0.15) is 42.1 Å². The number of methoxy groups -OCH3 is 1. The molecule has 146 valence electrons. The van der Waals surface area contributed by atoms with Gasteiger partial charge in [-0.3, -0.25) is 19.6 Å². The van der Waals surface area contributed by atoms with Gasteiger partial charge in [-0.15, -0.1) is 0 Å². The zero-order chi connectivity index (χ0) is 20.1. The van der Waals surface area contributed by atoms with Crippen molar-refractivity contribution in [3.8, 4) is 11.8 Å². The number of carbonyl (C=O) groups excluding carboxylic acids is 3. The first-order valence-electron chi connectivity index (χ1n) is 8.61. The van der Waals surface area contributed by atoms with Gasteiger partial charge in [-0.05, 0) is 37.1 Å². The molecule has 27 heavy (non-hydrogen) atoms. The number of hydrogen-bond acceptors (Lipinski definition) is 5. The van der Waals surface area contributed by atoms with Crippen molar-refractivity contribution in [3.05, 3.63) is 35.4 Å². The molecule has 0 aliphatic rings. The third-order valence-corrected chi connectivity index (χ3v) is 3.55. The van der Waals surface area contributed by atoms with Crippen LogP contribution in [0.25, 0.3) is 0 Å². The van der Waals surface area contributed by atoms with Gasteiger partial charge >= 0.3 is 0 Å². The number of hydrogen-bond donors (Lipinski definition) is 4. The normalized spacial score (nSPS) is 10.9. The van der Waals surface area contributed by atoms with E-state index in [9.17, 15) is 14.4 Å². The molecule has 8 nitrogen and oxygen atoms in total. The fraction of sp³-hybridized carbons (Fsp3) is 0.421. The van der Waals surface area contributed by atoms with Crippen molar-refractivity contribution < 1.29 is 24.3 Å². The average Bonchev–Trinajstić information content (AvgIpc) is 2.69. The fourth-order valence-corrected chi connectivity index (χ4v) is 2.13. The maximum atomic E-state index is 12.4. The smallest absolute Gasteiger partial charge is 0.251 e. The predicted octanol–water partition coefficient (Wildman–Crippen LogP) is 0.595. The molecule has 0 fully saturated rings. The van der Waals surface area contributed by atoms with Crippen LogP contribution in [0.2, 0.25) is 0 Å². The number of nitrogens with one attached hydrogen (secondary N) is 3. The number of benzene rings is 1. The molecule has 0 radical (unpaired) electrons. The maximum absolute atomic E-state index is 12.4. The Kier molecular flexibility index (Phi) is 10.2. The highest BCUT2D eigenvalue weighted by atomic mass is 16.5. The van der Waals surface area contributed by atoms with Crippen LogP contribution < -0.4 is 16.1 Å². The summed E-state index contributed by atoms with van der Waals surface area (Å²) in [5, 5.41) is 13.9. The lowest BCUT2D eigenvalue weighted by molar-refractivity contribution is -0.129. The van der Waals surface area contributed by atoms with Crippen molar-refractivity contribution in [1.82, 2.24) is 16.1 Å². The van der Waals surface area contributed by atoms with E-state index in [1.54, 1.807) is 31.4 Å². The molecular formula is C19H25N3O5. The SMILES string of the molecule is CCCNC(=O)C(CCC(=O)NO)NC(=O)c1ccc(C#CCOC)cc1. The summed E-state index contributed by atoms with van der Waals surface area (Å²) in [4.78, 5) is 35.9. The number of ether oxygens (including phenoxy) is 1. The van der Waals surface area contributed by atoms with E-state index in [1.807, 2.05) is 6.92 Å². The Hall–Kier alpha value is -2.89. The Labute approximate surface area is 158 Å². The van der Waals surface area contributed by atoms with Gasteiger partial charge in [0.05, 0.1) is 0 Å². The highest BCUT2D eigenvalue weighted by molar-refractivity contribution is 5.97. The van der Waals surface area contributed by atoms with E-state index in [2.05, 4.69) is 22.5 Å². The Balaban J connectivity index is 2.77. The van der Waals surface area contributed by atoms with Gasteiger partial charge in [0.25, 0.3) is 5.91 Å². The molecule has 0 aliphatic carbocycles. The molecule has 4 N–H and O–H groups in total. The van der Waals surface area contributed by atoms with E-state index in [0.717, 1.165) is 12.0 Å². The van der Waals surface area contributed by atoms with Gasteiger partial charge in [-0.1, -0.05) is 18.8 Å². The van der Waals surface area contributed by atoms with E-state index in [4.69, 9.17) is 9.94 Å². The van der Waals surface area contributed by atoms with Gasteiger partial charge in [-0.25, -0.2) is 5.48 Å². The number of amides is 3. The van der Waals surface area contributed by atoms with Gasteiger partial charge in [0.15, 0.2) is 0 Å². The minimum absolute atomic E-state index is 0.0637. The van der Waals surface area contributed by atoms with Gasteiger partial charge in [0.1, 0.15) is 12.6 Å². The topological polar surface area (TPSA) is 117 Å². The standard InChI is InChI=1S/C19H25N3O5/c1-3-12-20-19(25)16(10-11-17(23)22-26)21-18(24)15-8-6-14(7-9-15)5-4-13-27-2/h6-9,16,26H,3,10-13H2,1-2H3,(H,20,25)(H,21,24)(H,22,23). The lowest BCUT2D eigenvalue weighted by atomic mass is 10.1. The second kappa shape index (κ2) is 12.5. The molecule has 0 aromatic heterocycles. The Morgan fingerprint density at radius 1 is 1.22 bits per heavy atom. The van der Waals surface area contributed by atoms with Crippen LogP contribution in [-0.2, 0) is 14.3 Å². The first-order chi connectivity index (χ1) is 13.0. The molecule has 1 atom stereocenters. The van der Waals surface area contributed by atoms with Crippen LogP contribution in [-0.4, -0.2) is 49.2 Å². The quantitative estimate of drug-likeness (QED) is 0.286. The summed E-state index contributed by atoms with van der Waals surface area (Å²) in [5.41, 5.74) is 2.61. The van der Waals surface area contributed by atoms with E-state index in [1.165, 1.54) is 5.48 Å². The molecule has 3 amide bonds. The monoisotopic (exact) mass is 375 g/mol. The van der Waals surface area contributed by atoms with Crippen molar-refractivity contribution in [2.45, 2.75) is 32.2 Å². The third-order valence-electron chi connectivity index (χ3n) is 3.55. The molecule has 1 unspecified atom stereocenters. The van der Waals surface area contributed by atoms with Crippen LogP contribution in [0.4, 0.5) is 0 Å². The summed E-state index contributed by atoms with van der Waals surface area (Å²) in [6, 6.07) is 5.72. The third kappa shape index (κ3) is 8.35. The van der Waals surface area contributed by atoms with Crippen molar-refractivity contribution in [2.24, 2.45) is 0 Å². The second-order valence-electron chi connectivity index (χ2n) is 5.70. The summed E-state index contributed by atoms with van der Waals surface area (Å²) < 4.78 is 4.85. The largest absolute Gasteiger partial charge is 0.372 e. The Morgan fingerprint density at radius 2 is 1.93 bits per heavy atom. The minimum atomic E-state index is -0.887. The summed E-state index contributed by atoms with van der Waals surface area (Å²) >= 11 is 0. The molecule has 0 spiro atoms. The highest BCUT2D eigenvalue weighted by Gasteiger charge is 2.22. The molecular weight excluding hydrogens is 350 g/mol. The van der Waals surface area contributed by atoms with Gasteiger partial charge in [-0.2, -0.15) is 0 Å². The first-order valence-corrected chi connectivity index (χ1v) is 8.61. The lowest BCUT2D eigenvalue weighted by Crippen LogP contribution is -2.47. The van der Waals surface area contributed by atoms with Gasteiger partial charge in [0.2, 0.25) is 11.8 Å². The van der Waals surface area contributed by atoms with E-state index >= 15 is 0 Å². The first kappa shape index (κ1) is 22.2. The summed E-state index contributed by atoms with van der Waals surface area (Å²) in [6.07, 6.45) is 0.707. The van der Waals surface area contributed by atoms with Crippen molar-refractivity contribution >= 4 is 17.7 Å². The van der Waals surface area contributed by atoms with Crippen molar-refractivity contribution in [1.29, 1.82) is 0 Å². The number of hydroxylamine groups is 1. The van der Waals surface area contributed by atoms with E-state index in [-0.39, 0.29) is 18.7 Å². The van der Waals surface area contributed by atoms with E-state index in [0.29, 0.717) is 18.7 Å². The highest BCUT2D eigenvalue weighted by Crippen LogP contribution is 2.06. The van der Waals surface area contributed by atoms with Crippen LogP contribution in [0, 0.1) is 11.8 Å². The molecule has 0 saturated heterocycles. The Morgan fingerprint density at radius 3 is 2.52 bits per heavy atom. The van der Waals surface area contributed by atoms with Crippen LogP contribution >= 0.6 is 0 Å². The zero-order valence-electron chi connectivity index (χ0n) is 15.5. The van der Waals surface area contributed by atoms with Crippen LogP contribution in [0.15, 0.2) is 24.3 Å². The summed E-state index contributed by atoms with van der Waals surface area (Å²) in [5.74, 6) is 4.27. The molecule has 0 aliphatic heterocycles. The lowest BCUT2D eigenvalue weighted by Gasteiger charge is -2.18. The molecule has 0 saturated carbocycles. The van der Waals surface area contributed by atoms with Crippen molar-refractivity contribution in [2.75, 3.05) is 20.3 Å². The summed E-state index contributed by atoms with van der Waals surface area (Å²) in [7, 11) is 1.55. The number of carbonyl (C=O) groups is 3. The second-order valence-corrected chi connectivity index (χ2v) is 5.70. The summed E-state index contributed by atoms with van der Waals surface area (Å²) in [6.45, 7) is 2.69. The predicted molar refractivity (Wildman–Crippen MR) is 98.9 cm³/mol. The van der Waals surface area contributed by atoms with Gasteiger partial charge in [0, 0.05) is 31.2 Å². The minimum Gasteiger partial charge on any atom is -0.372 e. The molecule has 8 heteroatoms. The van der Waals surface area contributed by atoms with Crippen LogP contribution in [0.5, 0.6) is 0 Å². The zero-order valence-corrected chi connectivity index (χ0v) is 15.5. The molecule has 0 heterocycles. The van der Waals surface area contributed by atoms with Crippen LogP contribution in [0.3, 0.4) is 0 Å². The van der Waals surface area contributed by atoms with Gasteiger partial charge < -0.3 is 15.4 Å². The Bertz CT molecular complexity index is 692. The molecule has 1 aromatic rings. The molecule has 0 bridgehead atoms. The average molecular weight is 375 g/mol. The van der Waals surface area contributed by atoms with Crippen molar-refractivity contribution in [3.63, 3.8) is 0 Å².